The third kappa shape index (κ3) is 6.53. The largest absolute Gasteiger partial charge is 0.444 e. The van der Waals surface area contributed by atoms with E-state index in [2.05, 4.69) is 20.5 Å². The van der Waals surface area contributed by atoms with Crippen molar-refractivity contribution in [1.29, 1.82) is 0 Å². The van der Waals surface area contributed by atoms with Crippen LogP contribution in [-0.2, 0) is 11.3 Å². The first-order chi connectivity index (χ1) is 19.1. The average Bonchev–Trinajstić information content (AvgIpc) is 3.01. The number of ether oxygens (including phenoxy) is 1. The standard InChI is InChI=1S/C29H32N6O4/c36-27(34-13-11-30-12-14-34)23-8-9-26(25(19-23)32-29(38)39-21-22-5-2-1-3-6-22)33-15-17-35(18-16-33)28(37)24-7-4-10-31-20-24/h1-10,19-20,30H,11-18,21H2,(H,32,38). The van der Waals surface area contributed by atoms with Gasteiger partial charge < -0.3 is 24.8 Å². The smallest absolute Gasteiger partial charge is 0.412 e. The molecule has 2 aromatic carbocycles. The molecule has 202 valence electrons. The maximum Gasteiger partial charge on any atom is 0.412 e. The molecular formula is C29H32N6O4. The van der Waals surface area contributed by atoms with E-state index in [4.69, 9.17) is 4.74 Å². The van der Waals surface area contributed by atoms with Crippen molar-refractivity contribution in [3.63, 3.8) is 0 Å². The normalized spacial score (nSPS) is 15.5. The van der Waals surface area contributed by atoms with Crippen molar-refractivity contribution in [2.75, 3.05) is 62.6 Å². The number of carbonyl (C=O) groups excluding carboxylic acids is 3. The van der Waals surface area contributed by atoms with Crippen LogP contribution in [0.1, 0.15) is 26.3 Å². The topological polar surface area (TPSA) is 107 Å². The van der Waals surface area contributed by atoms with E-state index in [1.807, 2.05) is 41.3 Å². The first kappa shape index (κ1) is 26.2. The van der Waals surface area contributed by atoms with Crippen molar-refractivity contribution in [2.24, 2.45) is 0 Å². The van der Waals surface area contributed by atoms with Crippen molar-refractivity contribution in [1.82, 2.24) is 20.1 Å². The zero-order valence-corrected chi connectivity index (χ0v) is 21.7. The predicted octanol–water partition coefficient (Wildman–Crippen LogP) is 2.84. The predicted molar refractivity (Wildman–Crippen MR) is 148 cm³/mol. The van der Waals surface area contributed by atoms with Gasteiger partial charge in [-0.25, -0.2) is 4.79 Å². The third-order valence-corrected chi connectivity index (χ3v) is 6.91. The van der Waals surface area contributed by atoms with E-state index in [9.17, 15) is 14.4 Å². The summed E-state index contributed by atoms with van der Waals surface area (Å²) in [7, 11) is 0. The molecule has 0 bridgehead atoms. The van der Waals surface area contributed by atoms with Crippen LogP contribution >= 0.6 is 0 Å². The van der Waals surface area contributed by atoms with Crippen LogP contribution in [0.3, 0.4) is 0 Å². The molecule has 1 aromatic heterocycles. The van der Waals surface area contributed by atoms with Gasteiger partial charge in [-0.3, -0.25) is 19.9 Å². The maximum atomic E-state index is 13.2. The maximum absolute atomic E-state index is 13.2. The average molecular weight is 529 g/mol. The van der Waals surface area contributed by atoms with Crippen molar-refractivity contribution in [3.8, 4) is 0 Å². The number of piperazine rings is 2. The van der Waals surface area contributed by atoms with Gasteiger partial charge >= 0.3 is 6.09 Å². The van der Waals surface area contributed by atoms with E-state index in [-0.39, 0.29) is 18.4 Å². The van der Waals surface area contributed by atoms with Crippen LogP contribution in [0.15, 0.2) is 73.1 Å². The van der Waals surface area contributed by atoms with Crippen LogP contribution in [0.2, 0.25) is 0 Å². The zero-order valence-electron chi connectivity index (χ0n) is 21.7. The Bertz CT molecular complexity index is 1290. The molecule has 10 nitrogen and oxygen atoms in total. The molecule has 10 heteroatoms. The van der Waals surface area contributed by atoms with E-state index in [0.29, 0.717) is 56.1 Å². The fourth-order valence-electron chi connectivity index (χ4n) is 4.79. The summed E-state index contributed by atoms with van der Waals surface area (Å²) in [5, 5.41) is 6.12. The van der Waals surface area contributed by atoms with Crippen LogP contribution in [0.5, 0.6) is 0 Å². The zero-order chi connectivity index (χ0) is 27.0. The highest BCUT2D eigenvalue weighted by molar-refractivity contribution is 5.99. The van der Waals surface area contributed by atoms with Crippen LogP contribution in [0, 0.1) is 0 Å². The molecule has 3 aromatic rings. The van der Waals surface area contributed by atoms with Gasteiger partial charge in [0.05, 0.1) is 16.9 Å². The van der Waals surface area contributed by atoms with Gasteiger partial charge in [-0.15, -0.1) is 0 Å². The minimum atomic E-state index is -0.600. The first-order valence-corrected chi connectivity index (χ1v) is 13.1. The Morgan fingerprint density at radius 2 is 1.54 bits per heavy atom. The molecule has 2 N–H and O–H groups in total. The monoisotopic (exact) mass is 528 g/mol. The number of carbonyl (C=O) groups is 3. The number of anilines is 2. The van der Waals surface area contributed by atoms with Gasteiger partial charge in [-0.1, -0.05) is 30.3 Å². The Labute approximate surface area is 227 Å². The number of aromatic nitrogens is 1. The summed E-state index contributed by atoms with van der Waals surface area (Å²) in [5.74, 6) is -0.127. The van der Waals surface area contributed by atoms with E-state index >= 15 is 0 Å². The highest BCUT2D eigenvalue weighted by atomic mass is 16.5. The second-order valence-electron chi connectivity index (χ2n) is 9.48. The number of rotatable bonds is 6. The summed E-state index contributed by atoms with van der Waals surface area (Å²) >= 11 is 0. The van der Waals surface area contributed by atoms with Crippen molar-refractivity contribution in [2.45, 2.75) is 6.61 Å². The van der Waals surface area contributed by atoms with Crippen LogP contribution in [-0.4, -0.2) is 85.0 Å². The second kappa shape index (κ2) is 12.4. The van der Waals surface area contributed by atoms with Crippen LogP contribution in [0.4, 0.5) is 16.2 Å². The van der Waals surface area contributed by atoms with Gasteiger partial charge in [-0.05, 0) is 35.9 Å². The molecule has 2 fully saturated rings. The summed E-state index contributed by atoms with van der Waals surface area (Å²) in [6, 6.07) is 18.3. The van der Waals surface area contributed by atoms with Crippen molar-refractivity contribution < 1.29 is 19.1 Å². The lowest BCUT2D eigenvalue weighted by atomic mass is 10.1. The van der Waals surface area contributed by atoms with Gasteiger partial charge in [0.15, 0.2) is 0 Å². The SMILES string of the molecule is O=C(Nc1cc(C(=O)N2CCNCC2)ccc1N1CCN(C(=O)c2cccnc2)CC1)OCc1ccccc1. The molecule has 2 aliphatic heterocycles. The summed E-state index contributed by atoms with van der Waals surface area (Å²) in [6.45, 7) is 5.10. The fraction of sp³-hybridized carbons (Fsp3) is 0.310. The van der Waals surface area contributed by atoms with Gasteiger partial charge in [0, 0.05) is 70.3 Å². The van der Waals surface area contributed by atoms with E-state index in [1.54, 1.807) is 41.6 Å². The molecule has 39 heavy (non-hydrogen) atoms. The Morgan fingerprint density at radius 1 is 0.821 bits per heavy atom. The molecule has 0 aliphatic carbocycles. The summed E-state index contributed by atoms with van der Waals surface area (Å²) in [5.41, 5.74) is 3.22. The van der Waals surface area contributed by atoms with Gasteiger partial charge in [0.25, 0.3) is 11.8 Å². The Hall–Kier alpha value is -4.44. The number of pyridine rings is 1. The molecule has 2 aliphatic rings. The molecule has 5 rings (SSSR count). The summed E-state index contributed by atoms with van der Waals surface area (Å²) in [6.07, 6.45) is 2.62. The first-order valence-electron chi connectivity index (χ1n) is 13.1. The molecule has 0 saturated carbocycles. The lowest BCUT2D eigenvalue weighted by Crippen LogP contribution is -2.49. The van der Waals surface area contributed by atoms with Crippen molar-refractivity contribution >= 4 is 29.3 Å². The van der Waals surface area contributed by atoms with E-state index in [1.165, 1.54) is 0 Å². The minimum Gasteiger partial charge on any atom is -0.444 e. The number of nitrogens with one attached hydrogen (secondary N) is 2. The molecule has 0 atom stereocenters. The molecule has 3 heterocycles. The number of hydrogen-bond acceptors (Lipinski definition) is 7. The lowest BCUT2D eigenvalue weighted by Gasteiger charge is -2.37. The molecular weight excluding hydrogens is 496 g/mol. The van der Waals surface area contributed by atoms with Crippen molar-refractivity contribution in [3.05, 3.63) is 89.7 Å². The highest BCUT2D eigenvalue weighted by Crippen LogP contribution is 2.29. The third-order valence-electron chi connectivity index (χ3n) is 6.91. The Balaban J connectivity index is 1.31. The van der Waals surface area contributed by atoms with E-state index in [0.717, 1.165) is 24.3 Å². The molecule has 3 amide bonds. The van der Waals surface area contributed by atoms with Gasteiger partial charge in [-0.2, -0.15) is 0 Å². The minimum absolute atomic E-state index is 0.0532. The molecule has 0 radical (unpaired) electrons. The fourth-order valence-corrected chi connectivity index (χ4v) is 4.79. The van der Waals surface area contributed by atoms with Gasteiger partial charge in [0.2, 0.25) is 0 Å². The van der Waals surface area contributed by atoms with Crippen LogP contribution < -0.4 is 15.5 Å². The lowest BCUT2D eigenvalue weighted by molar-refractivity contribution is 0.0731. The number of hydrogen-bond donors (Lipinski definition) is 2. The van der Waals surface area contributed by atoms with Gasteiger partial charge in [0.1, 0.15) is 6.61 Å². The number of nitrogens with zero attached hydrogens (tertiary/aromatic N) is 4. The highest BCUT2D eigenvalue weighted by Gasteiger charge is 2.26. The number of amides is 3. The quantitative estimate of drug-likeness (QED) is 0.507. The van der Waals surface area contributed by atoms with Crippen LogP contribution in [0.25, 0.3) is 0 Å². The molecule has 0 spiro atoms. The van der Waals surface area contributed by atoms with E-state index < -0.39 is 6.09 Å². The Kier molecular flexibility index (Phi) is 8.33. The molecule has 2 saturated heterocycles. The summed E-state index contributed by atoms with van der Waals surface area (Å²) < 4.78 is 5.46. The summed E-state index contributed by atoms with van der Waals surface area (Å²) in [4.78, 5) is 48.6. The Morgan fingerprint density at radius 3 is 2.26 bits per heavy atom. The second-order valence-corrected chi connectivity index (χ2v) is 9.48. The number of benzene rings is 2. The molecule has 0 unspecified atom stereocenters.